The molecule has 0 radical (unpaired) electrons. The van der Waals surface area contributed by atoms with E-state index < -0.39 is 0 Å². The molecule has 10 heteroatoms. The molecule has 3 aromatic heterocycles. The number of pyridine rings is 2. The topological polar surface area (TPSA) is 99.2 Å². The van der Waals surface area contributed by atoms with Gasteiger partial charge in [-0.3, -0.25) is 4.79 Å². The van der Waals surface area contributed by atoms with E-state index in [1.165, 1.54) is 0 Å². The summed E-state index contributed by atoms with van der Waals surface area (Å²) in [5, 5.41) is 8.37. The smallest absolute Gasteiger partial charge is 0.227 e. The molecule has 0 bridgehead atoms. The summed E-state index contributed by atoms with van der Waals surface area (Å²) < 4.78 is 0. The molecule has 36 heavy (non-hydrogen) atoms. The molecular weight excluding hydrogens is 476 g/mol. The maximum Gasteiger partial charge on any atom is 0.227 e. The molecule has 2 fully saturated rings. The van der Waals surface area contributed by atoms with Gasteiger partial charge in [0.05, 0.1) is 6.42 Å². The third-order valence-corrected chi connectivity index (χ3v) is 7.50. The molecule has 5 rings (SSSR count). The van der Waals surface area contributed by atoms with Crippen molar-refractivity contribution in [2.24, 2.45) is 5.92 Å². The number of halogens is 1. The highest BCUT2D eigenvalue weighted by atomic mass is 35.5. The lowest BCUT2D eigenvalue weighted by Gasteiger charge is -2.32. The van der Waals surface area contributed by atoms with Gasteiger partial charge in [-0.2, -0.15) is 0 Å². The number of hydrogen-bond acceptors (Lipinski definition) is 8. The summed E-state index contributed by atoms with van der Waals surface area (Å²) >= 11 is 6.21. The van der Waals surface area contributed by atoms with Crippen LogP contribution in [-0.2, 0) is 11.2 Å². The van der Waals surface area contributed by atoms with Crippen LogP contribution in [0.1, 0.15) is 31.2 Å². The molecule has 1 saturated carbocycles. The molecule has 0 unspecified atom stereocenters. The van der Waals surface area contributed by atoms with Crippen molar-refractivity contribution in [3.05, 3.63) is 47.5 Å². The number of rotatable bonds is 7. The minimum atomic E-state index is 0.149. The van der Waals surface area contributed by atoms with Crippen LogP contribution in [0.3, 0.4) is 0 Å². The highest BCUT2D eigenvalue weighted by Crippen LogP contribution is 2.27. The van der Waals surface area contributed by atoms with Crippen molar-refractivity contribution in [3.8, 4) is 0 Å². The van der Waals surface area contributed by atoms with Crippen LogP contribution in [0, 0.1) is 5.92 Å². The van der Waals surface area contributed by atoms with Crippen molar-refractivity contribution < 1.29 is 4.79 Å². The fourth-order valence-electron chi connectivity index (χ4n) is 4.93. The predicted octanol–water partition coefficient (Wildman–Crippen LogP) is 3.47. The zero-order chi connectivity index (χ0) is 24.9. The highest BCUT2D eigenvalue weighted by molar-refractivity contribution is 6.33. The monoisotopic (exact) mass is 508 g/mol. The Labute approximate surface area is 216 Å². The van der Waals surface area contributed by atoms with Gasteiger partial charge in [-0.1, -0.05) is 11.6 Å². The van der Waals surface area contributed by atoms with Crippen LogP contribution >= 0.6 is 11.6 Å². The van der Waals surface area contributed by atoms with Gasteiger partial charge in [0.2, 0.25) is 11.9 Å². The number of aromatic nitrogens is 4. The number of fused-ring (bicyclic) bond motifs is 1. The van der Waals surface area contributed by atoms with E-state index in [0.29, 0.717) is 29.5 Å². The van der Waals surface area contributed by atoms with Crippen molar-refractivity contribution in [1.29, 1.82) is 0 Å². The Bertz CT molecular complexity index is 1170. The molecule has 3 aromatic rings. The molecule has 4 heterocycles. The number of hydrogen-bond donors (Lipinski definition) is 2. The van der Waals surface area contributed by atoms with Crippen molar-refractivity contribution in [2.75, 3.05) is 50.4 Å². The third kappa shape index (κ3) is 6.20. The summed E-state index contributed by atoms with van der Waals surface area (Å²) in [6.45, 7) is 4.28. The maximum atomic E-state index is 12.5. The zero-order valence-corrected chi connectivity index (χ0v) is 21.4. The second-order valence-corrected chi connectivity index (χ2v) is 10.2. The lowest BCUT2D eigenvalue weighted by atomic mass is 9.86. The molecular formula is C26H33ClN8O. The Balaban J connectivity index is 1.05. The first-order valence-corrected chi connectivity index (χ1v) is 13.1. The molecule has 1 aliphatic heterocycles. The van der Waals surface area contributed by atoms with Gasteiger partial charge in [-0.15, -0.1) is 0 Å². The van der Waals surface area contributed by atoms with E-state index in [-0.39, 0.29) is 5.91 Å². The summed E-state index contributed by atoms with van der Waals surface area (Å²) in [5.74, 6) is 2.19. The van der Waals surface area contributed by atoms with Crippen LogP contribution < -0.4 is 10.6 Å². The molecule has 0 spiro atoms. The summed E-state index contributed by atoms with van der Waals surface area (Å²) in [6, 6.07) is 6.35. The molecule has 9 nitrogen and oxygen atoms in total. The lowest BCUT2D eigenvalue weighted by Crippen LogP contribution is -2.47. The minimum Gasteiger partial charge on any atom is -0.367 e. The van der Waals surface area contributed by atoms with Gasteiger partial charge in [0, 0.05) is 62.7 Å². The first-order chi connectivity index (χ1) is 17.5. The average molecular weight is 509 g/mol. The van der Waals surface area contributed by atoms with Gasteiger partial charge in [-0.25, -0.2) is 19.9 Å². The fourth-order valence-corrected chi connectivity index (χ4v) is 5.14. The number of carbonyl (C=O) groups excluding carboxylic acids is 1. The minimum absolute atomic E-state index is 0.149. The van der Waals surface area contributed by atoms with Gasteiger partial charge in [0.25, 0.3) is 0 Å². The Morgan fingerprint density at radius 1 is 1.03 bits per heavy atom. The molecule has 2 N–H and O–H groups in total. The summed E-state index contributed by atoms with van der Waals surface area (Å²) in [7, 11) is 2.09. The average Bonchev–Trinajstić information content (AvgIpc) is 2.90. The Morgan fingerprint density at radius 3 is 2.53 bits per heavy atom. The molecule has 0 aromatic carbocycles. The standard InChI is InChI=1S/C26H33ClN8O/c1-34-10-12-35(13-11-34)23(36)14-19-16-30-26(31-17-19)29-15-18-2-5-21(6-3-18)32-22-7-4-20-8-9-28-25(27)24(20)33-22/h4,7-9,16-18,21H,2-3,5-6,10-15H2,1H3,(H,32,33)(H,29,30,31). The number of anilines is 2. The van der Waals surface area contributed by atoms with Crippen LogP contribution in [0.4, 0.5) is 11.8 Å². The van der Waals surface area contributed by atoms with E-state index in [1.54, 1.807) is 18.6 Å². The van der Waals surface area contributed by atoms with Crippen LogP contribution in [-0.4, -0.2) is 81.5 Å². The Hall–Kier alpha value is -3.04. The largest absolute Gasteiger partial charge is 0.367 e. The van der Waals surface area contributed by atoms with Gasteiger partial charge in [0.15, 0.2) is 5.15 Å². The maximum absolute atomic E-state index is 12.5. The first kappa shape index (κ1) is 24.6. The molecule has 1 aliphatic carbocycles. The molecule has 0 atom stereocenters. The third-order valence-electron chi connectivity index (χ3n) is 7.23. The van der Waals surface area contributed by atoms with Gasteiger partial charge in [-0.05, 0) is 62.4 Å². The van der Waals surface area contributed by atoms with Crippen LogP contribution in [0.15, 0.2) is 36.8 Å². The Kier molecular flexibility index (Phi) is 7.77. The summed E-state index contributed by atoms with van der Waals surface area (Å²) in [5.41, 5.74) is 1.59. The second kappa shape index (κ2) is 11.3. The normalized spacial score (nSPS) is 20.9. The SMILES string of the molecule is CN1CCN(C(=O)Cc2cnc(NCC3CCC(Nc4ccc5ccnc(Cl)c5n4)CC3)nc2)CC1. The highest BCUT2D eigenvalue weighted by Gasteiger charge is 2.22. The van der Waals surface area contributed by atoms with Crippen LogP contribution in [0.2, 0.25) is 5.15 Å². The molecule has 1 saturated heterocycles. The second-order valence-electron chi connectivity index (χ2n) is 9.89. The van der Waals surface area contributed by atoms with E-state index in [2.05, 4.69) is 42.5 Å². The van der Waals surface area contributed by atoms with Crippen molar-refractivity contribution in [3.63, 3.8) is 0 Å². The molecule has 2 aliphatic rings. The van der Waals surface area contributed by atoms with Crippen LogP contribution in [0.5, 0.6) is 0 Å². The zero-order valence-electron chi connectivity index (χ0n) is 20.7. The first-order valence-electron chi connectivity index (χ1n) is 12.7. The predicted molar refractivity (Wildman–Crippen MR) is 142 cm³/mol. The molecule has 190 valence electrons. The van der Waals surface area contributed by atoms with Crippen molar-refractivity contribution in [1.82, 2.24) is 29.7 Å². The van der Waals surface area contributed by atoms with Crippen molar-refractivity contribution in [2.45, 2.75) is 38.1 Å². The van der Waals surface area contributed by atoms with Gasteiger partial charge < -0.3 is 20.4 Å². The van der Waals surface area contributed by atoms with Gasteiger partial charge in [0.1, 0.15) is 11.3 Å². The quantitative estimate of drug-likeness (QED) is 0.468. The van der Waals surface area contributed by atoms with Crippen molar-refractivity contribution >= 4 is 40.2 Å². The number of amides is 1. The number of nitrogens with one attached hydrogen (secondary N) is 2. The van der Waals surface area contributed by atoms with E-state index in [1.807, 2.05) is 23.1 Å². The van der Waals surface area contributed by atoms with E-state index in [4.69, 9.17) is 11.6 Å². The number of nitrogens with zero attached hydrogens (tertiary/aromatic N) is 6. The van der Waals surface area contributed by atoms with E-state index in [0.717, 1.165) is 80.7 Å². The number of carbonyl (C=O) groups is 1. The lowest BCUT2D eigenvalue weighted by molar-refractivity contribution is -0.132. The Morgan fingerprint density at radius 2 is 1.78 bits per heavy atom. The number of likely N-dealkylation sites (N-methyl/N-ethyl adjacent to an activating group) is 1. The summed E-state index contributed by atoms with van der Waals surface area (Å²) in [6.07, 6.45) is 10.0. The summed E-state index contributed by atoms with van der Waals surface area (Å²) in [4.78, 5) is 34.4. The van der Waals surface area contributed by atoms with Gasteiger partial charge >= 0.3 is 0 Å². The fraction of sp³-hybridized carbons (Fsp3) is 0.500. The van der Waals surface area contributed by atoms with E-state index in [9.17, 15) is 4.79 Å². The molecule has 1 amide bonds. The van der Waals surface area contributed by atoms with E-state index >= 15 is 0 Å². The number of piperazine rings is 1. The van der Waals surface area contributed by atoms with Crippen LogP contribution in [0.25, 0.3) is 10.9 Å².